The lowest BCUT2D eigenvalue weighted by atomic mass is 10.4. The number of aryl methyl sites for hydroxylation is 1. The summed E-state index contributed by atoms with van der Waals surface area (Å²) in [7, 11) is 0. The topological polar surface area (TPSA) is 36.4 Å². The Hall–Kier alpha value is -1.24. The standard InChI is InChI=1S/C12H18F3N3S/c1-3-16-11(17-7-6-12(13,14)15)18-8-10-5-4-9(2)19-10/h4-5H,3,6-8H2,1-2H3,(H2,16,17,18). The second-order valence-electron chi connectivity index (χ2n) is 4.00. The molecule has 2 N–H and O–H groups in total. The van der Waals surface area contributed by atoms with E-state index in [-0.39, 0.29) is 6.54 Å². The Labute approximate surface area is 114 Å². The minimum atomic E-state index is -4.14. The summed E-state index contributed by atoms with van der Waals surface area (Å²) >= 11 is 1.63. The Bertz CT molecular complexity index is 413. The quantitative estimate of drug-likeness (QED) is 0.646. The van der Waals surface area contributed by atoms with Crippen molar-refractivity contribution in [1.82, 2.24) is 10.6 Å². The summed E-state index contributed by atoms with van der Waals surface area (Å²) in [4.78, 5) is 6.54. The van der Waals surface area contributed by atoms with E-state index in [0.29, 0.717) is 19.0 Å². The molecule has 0 amide bonds. The van der Waals surface area contributed by atoms with Gasteiger partial charge in [0.25, 0.3) is 0 Å². The Kier molecular flexibility index (Phi) is 6.14. The molecule has 1 heterocycles. The smallest absolute Gasteiger partial charge is 0.357 e. The number of alkyl halides is 3. The predicted octanol–water partition coefficient (Wildman–Crippen LogP) is 3.06. The van der Waals surface area contributed by atoms with Gasteiger partial charge in [-0.25, -0.2) is 4.99 Å². The minimum absolute atomic E-state index is 0.168. The summed E-state index contributed by atoms with van der Waals surface area (Å²) in [6, 6.07) is 3.97. The van der Waals surface area contributed by atoms with E-state index in [1.807, 2.05) is 26.0 Å². The van der Waals surface area contributed by atoms with Crippen LogP contribution in [-0.2, 0) is 6.54 Å². The van der Waals surface area contributed by atoms with Crippen molar-refractivity contribution in [3.8, 4) is 0 Å². The first-order valence-electron chi connectivity index (χ1n) is 6.05. The normalized spacial score (nSPS) is 12.6. The molecule has 0 fully saturated rings. The highest BCUT2D eigenvalue weighted by Crippen LogP contribution is 2.18. The lowest BCUT2D eigenvalue weighted by molar-refractivity contribution is -0.132. The number of aliphatic imine (C=N–C) groups is 1. The lowest BCUT2D eigenvalue weighted by Crippen LogP contribution is -2.38. The van der Waals surface area contributed by atoms with Crippen molar-refractivity contribution in [1.29, 1.82) is 0 Å². The number of guanidine groups is 1. The van der Waals surface area contributed by atoms with Crippen LogP contribution in [0.4, 0.5) is 13.2 Å². The first kappa shape index (κ1) is 15.8. The summed E-state index contributed by atoms with van der Waals surface area (Å²) in [6.07, 6.45) is -5.01. The van der Waals surface area contributed by atoms with Gasteiger partial charge in [-0.05, 0) is 26.0 Å². The van der Waals surface area contributed by atoms with Crippen LogP contribution >= 0.6 is 11.3 Å². The van der Waals surface area contributed by atoms with Crippen LogP contribution in [0.3, 0.4) is 0 Å². The van der Waals surface area contributed by atoms with Gasteiger partial charge in [-0.1, -0.05) is 0 Å². The minimum Gasteiger partial charge on any atom is -0.357 e. The molecule has 19 heavy (non-hydrogen) atoms. The molecule has 0 bridgehead atoms. The number of rotatable bonds is 5. The van der Waals surface area contributed by atoms with E-state index in [2.05, 4.69) is 15.6 Å². The molecule has 0 aliphatic carbocycles. The lowest BCUT2D eigenvalue weighted by Gasteiger charge is -2.12. The third-order valence-corrected chi connectivity index (χ3v) is 3.22. The van der Waals surface area contributed by atoms with Gasteiger partial charge in [0, 0.05) is 22.8 Å². The predicted molar refractivity (Wildman–Crippen MR) is 72.5 cm³/mol. The van der Waals surface area contributed by atoms with Gasteiger partial charge < -0.3 is 10.6 Å². The van der Waals surface area contributed by atoms with Crippen molar-refractivity contribution in [3.63, 3.8) is 0 Å². The van der Waals surface area contributed by atoms with Gasteiger partial charge >= 0.3 is 6.18 Å². The fourth-order valence-corrected chi connectivity index (χ4v) is 2.21. The second kappa shape index (κ2) is 7.37. The zero-order chi connectivity index (χ0) is 14.3. The van der Waals surface area contributed by atoms with Crippen LogP contribution in [0, 0.1) is 6.92 Å². The molecular formula is C12H18F3N3S. The van der Waals surface area contributed by atoms with Crippen LogP contribution in [0.5, 0.6) is 0 Å². The number of nitrogens with zero attached hydrogens (tertiary/aromatic N) is 1. The molecule has 0 spiro atoms. The summed E-state index contributed by atoms with van der Waals surface area (Å²) in [6.45, 7) is 4.79. The fourth-order valence-electron chi connectivity index (χ4n) is 1.39. The highest BCUT2D eigenvalue weighted by atomic mass is 32.1. The molecule has 0 radical (unpaired) electrons. The van der Waals surface area contributed by atoms with Gasteiger partial charge in [0.1, 0.15) is 0 Å². The van der Waals surface area contributed by atoms with E-state index >= 15 is 0 Å². The average Bonchev–Trinajstić information content (AvgIpc) is 2.70. The van der Waals surface area contributed by atoms with Gasteiger partial charge in [0.05, 0.1) is 13.0 Å². The molecule has 1 aromatic heterocycles. The first-order chi connectivity index (χ1) is 8.90. The fraction of sp³-hybridized carbons (Fsp3) is 0.583. The van der Waals surface area contributed by atoms with E-state index in [0.717, 1.165) is 4.88 Å². The van der Waals surface area contributed by atoms with E-state index < -0.39 is 12.6 Å². The van der Waals surface area contributed by atoms with Crippen LogP contribution in [0.15, 0.2) is 17.1 Å². The Balaban J connectivity index is 2.46. The zero-order valence-electron chi connectivity index (χ0n) is 11.0. The molecule has 0 atom stereocenters. The third-order valence-electron chi connectivity index (χ3n) is 2.23. The van der Waals surface area contributed by atoms with Crippen LogP contribution in [0.2, 0.25) is 0 Å². The van der Waals surface area contributed by atoms with Gasteiger partial charge in [-0.3, -0.25) is 0 Å². The molecule has 108 valence electrons. The number of halogens is 3. The maximum absolute atomic E-state index is 12.0. The number of hydrogen-bond donors (Lipinski definition) is 2. The molecule has 0 saturated carbocycles. The number of hydrogen-bond acceptors (Lipinski definition) is 2. The summed E-state index contributed by atoms with van der Waals surface area (Å²) in [5.74, 6) is 0.415. The Morgan fingerprint density at radius 3 is 2.58 bits per heavy atom. The van der Waals surface area contributed by atoms with Gasteiger partial charge in [-0.15, -0.1) is 11.3 Å². The van der Waals surface area contributed by atoms with Crippen molar-refractivity contribution in [2.45, 2.75) is 33.0 Å². The first-order valence-corrected chi connectivity index (χ1v) is 6.86. The average molecular weight is 293 g/mol. The monoisotopic (exact) mass is 293 g/mol. The Morgan fingerprint density at radius 2 is 2.05 bits per heavy atom. The van der Waals surface area contributed by atoms with Crippen LogP contribution < -0.4 is 10.6 Å². The van der Waals surface area contributed by atoms with Gasteiger partial charge in [0.2, 0.25) is 0 Å². The Morgan fingerprint density at radius 1 is 1.32 bits per heavy atom. The maximum Gasteiger partial charge on any atom is 0.390 e. The molecule has 0 aliphatic heterocycles. The van der Waals surface area contributed by atoms with E-state index in [1.165, 1.54) is 4.88 Å². The van der Waals surface area contributed by atoms with Gasteiger partial charge in [-0.2, -0.15) is 13.2 Å². The summed E-state index contributed by atoms with van der Waals surface area (Å²) in [5.41, 5.74) is 0. The molecule has 0 saturated heterocycles. The largest absolute Gasteiger partial charge is 0.390 e. The molecule has 1 aromatic rings. The molecule has 0 aromatic carbocycles. The number of nitrogens with one attached hydrogen (secondary N) is 2. The zero-order valence-corrected chi connectivity index (χ0v) is 11.8. The van der Waals surface area contributed by atoms with Crippen LogP contribution in [0.1, 0.15) is 23.1 Å². The SMILES string of the molecule is CCNC(=NCc1ccc(C)s1)NCCC(F)(F)F. The van der Waals surface area contributed by atoms with Crippen molar-refractivity contribution < 1.29 is 13.2 Å². The van der Waals surface area contributed by atoms with Crippen molar-refractivity contribution in [3.05, 3.63) is 21.9 Å². The van der Waals surface area contributed by atoms with E-state index in [4.69, 9.17) is 0 Å². The molecule has 0 aliphatic rings. The molecule has 7 heteroatoms. The van der Waals surface area contributed by atoms with Crippen molar-refractivity contribution in [2.24, 2.45) is 4.99 Å². The molecule has 3 nitrogen and oxygen atoms in total. The van der Waals surface area contributed by atoms with Crippen molar-refractivity contribution >= 4 is 17.3 Å². The molecule has 0 unspecified atom stereocenters. The third kappa shape index (κ3) is 7.05. The highest BCUT2D eigenvalue weighted by molar-refractivity contribution is 7.11. The van der Waals surface area contributed by atoms with Crippen LogP contribution in [-0.4, -0.2) is 25.2 Å². The molecular weight excluding hydrogens is 275 g/mol. The summed E-state index contributed by atoms with van der Waals surface area (Å²) in [5, 5.41) is 5.60. The number of thiophene rings is 1. The molecule has 1 rings (SSSR count). The van der Waals surface area contributed by atoms with Crippen molar-refractivity contribution in [2.75, 3.05) is 13.1 Å². The maximum atomic E-state index is 12.0. The highest BCUT2D eigenvalue weighted by Gasteiger charge is 2.26. The van der Waals surface area contributed by atoms with E-state index in [1.54, 1.807) is 11.3 Å². The summed E-state index contributed by atoms with van der Waals surface area (Å²) < 4.78 is 36.1. The second-order valence-corrected chi connectivity index (χ2v) is 5.37. The van der Waals surface area contributed by atoms with Gasteiger partial charge in [0.15, 0.2) is 5.96 Å². The van der Waals surface area contributed by atoms with Crippen LogP contribution in [0.25, 0.3) is 0 Å². The van der Waals surface area contributed by atoms with E-state index in [9.17, 15) is 13.2 Å².